The number of amides is 1. The lowest BCUT2D eigenvalue weighted by molar-refractivity contribution is -0.117. The Bertz CT molecular complexity index is 1010. The molecule has 1 aromatic carbocycles. The largest absolute Gasteiger partial charge is 0.379 e. The number of allylic oxidation sites excluding steroid dienone is 2. The van der Waals surface area contributed by atoms with Crippen LogP contribution in [0, 0.1) is 0 Å². The van der Waals surface area contributed by atoms with Crippen molar-refractivity contribution in [1.82, 2.24) is 13.9 Å². The Morgan fingerprint density at radius 3 is 2.52 bits per heavy atom. The topological polar surface area (TPSA) is 81.8 Å². The molecular weight excluding hydrogens is 412 g/mol. The molecule has 0 bridgehead atoms. The third kappa shape index (κ3) is 4.56. The van der Waals surface area contributed by atoms with Crippen molar-refractivity contribution in [2.75, 3.05) is 32.5 Å². The molecule has 0 radical (unpaired) electrons. The molecule has 2 aliphatic heterocycles. The van der Waals surface area contributed by atoms with Crippen LogP contribution in [0.1, 0.15) is 56.1 Å². The number of anilines is 1. The summed E-state index contributed by atoms with van der Waals surface area (Å²) in [5.74, 6) is 0.0521. The van der Waals surface area contributed by atoms with Crippen LogP contribution in [-0.2, 0) is 15.0 Å². The Labute approximate surface area is 185 Å². The van der Waals surface area contributed by atoms with Crippen LogP contribution < -0.4 is 10.6 Å². The van der Waals surface area contributed by atoms with Crippen molar-refractivity contribution in [1.29, 1.82) is 0 Å². The smallest absolute Gasteiger partial charge is 0.281 e. The Hall–Kier alpha value is -2.16. The molecule has 1 saturated heterocycles. The lowest BCUT2D eigenvalue weighted by Gasteiger charge is -2.36. The summed E-state index contributed by atoms with van der Waals surface area (Å²) in [6.07, 6.45) is 9.28. The summed E-state index contributed by atoms with van der Waals surface area (Å²) in [5, 5.41) is 6.29. The predicted octanol–water partition coefficient (Wildman–Crippen LogP) is 3.05. The molecule has 0 aromatic heterocycles. The summed E-state index contributed by atoms with van der Waals surface area (Å²) in [7, 11) is -0.110. The van der Waals surface area contributed by atoms with Crippen molar-refractivity contribution in [3.63, 3.8) is 0 Å². The van der Waals surface area contributed by atoms with Gasteiger partial charge in [-0.1, -0.05) is 17.7 Å². The molecule has 7 nitrogen and oxygen atoms in total. The van der Waals surface area contributed by atoms with E-state index in [4.69, 9.17) is 0 Å². The first-order chi connectivity index (χ1) is 14.8. The van der Waals surface area contributed by atoms with E-state index in [1.54, 1.807) is 14.1 Å². The van der Waals surface area contributed by atoms with Crippen molar-refractivity contribution in [2.24, 2.45) is 0 Å². The normalized spacial score (nSPS) is 24.9. The summed E-state index contributed by atoms with van der Waals surface area (Å²) in [5.41, 5.74) is 5.43. The average molecular weight is 445 g/mol. The van der Waals surface area contributed by atoms with Crippen LogP contribution in [0.25, 0.3) is 5.57 Å². The lowest BCUT2D eigenvalue weighted by atomic mass is 9.88. The molecule has 3 aliphatic rings. The highest BCUT2D eigenvalue weighted by atomic mass is 32.2. The summed E-state index contributed by atoms with van der Waals surface area (Å²) in [6.45, 7) is 2.92. The van der Waals surface area contributed by atoms with Gasteiger partial charge in [0.2, 0.25) is 5.91 Å². The molecule has 1 atom stereocenters. The van der Waals surface area contributed by atoms with Crippen LogP contribution in [0.4, 0.5) is 5.69 Å². The highest BCUT2D eigenvalue weighted by Gasteiger charge is 2.34. The highest BCUT2D eigenvalue weighted by molar-refractivity contribution is 7.86. The van der Waals surface area contributed by atoms with Crippen LogP contribution in [0.15, 0.2) is 36.0 Å². The van der Waals surface area contributed by atoms with Crippen LogP contribution in [0.2, 0.25) is 0 Å². The predicted molar refractivity (Wildman–Crippen MR) is 124 cm³/mol. The van der Waals surface area contributed by atoms with Gasteiger partial charge < -0.3 is 10.6 Å². The number of nitrogens with one attached hydrogen (secondary N) is 2. The Morgan fingerprint density at radius 2 is 1.90 bits per heavy atom. The SMILES string of the molecule is CC1=CNC(C(=O)Nc2ccc(C3CN(C)S(=O)(=O)N(C)C3)cc2C2=CCCCC2)C1. The molecule has 4 rings (SSSR count). The van der Waals surface area contributed by atoms with Gasteiger partial charge in [-0.25, -0.2) is 0 Å². The van der Waals surface area contributed by atoms with Crippen molar-refractivity contribution in [2.45, 2.75) is 51.0 Å². The van der Waals surface area contributed by atoms with Crippen molar-refractivity contribution in [3.05, 3.63) is 47.2 Å². The van der Waals surface area contributed by atoms with Crippen LogP contribution >= 0.6 is 0 Å². The van der Waals surface area contributed by atoms with Gasteiger partial charge in [0.1, 0.15) is 6.04 Å². The van der Waals surface area contributed by atoms with E-state index < -0.39 is 10.2 Å². The van der Waals surface area contributed by atoms with Gasteiger partial charge in [0.25, 0.3) is 10.2 Å². The van der Waals surface area contributed by atoms with E-state index in [1.807, 2.05) is 25.3 Å². The number of carbonyl (C=O) groups excluding carboxylic acids is 1. The number of likely N-dealkylation sites (N-methyl/N-ethyl adjacent to an activating group) is 2. The summed E-state index contributed by atoms with van der Waals surface area (Å²) < 4.78 is 27.5. The van der Waals surface area contributed by atoms with Crippen LogP contribution in [0.5, 0.6) is 0 Å². The minimum atomic E-state index is -3.36. The zero-order valence-corrected chi connectivity index (χ0v) is 19.3. The number of hydrogen-bond donors (Lipinski definition) is 2. The molecule has 1 aliphatic carbocycles. The minimum Gasteiger partial charge on any atom is -0.379 e. The van der Waals surface area contributed by atoms with Gasteiger partial charge in [-0.15, -0.1) is 0 Å². The van der Waals surface area contributed by atoms with E-state index in [2.05, 4.69) is 22.8 Å². The molecule has 1 aromatic rings. The quantitative estimate of drug-likeness (QED) is 0.748. The molecule has 1 fully saturated rings. The second-order valence-corrected chi connectivity index (χ2v) is 11.1. The molecule has 2 heterocycles. The minimum absolute atomic E-state index is 0.0262. The molecule has 1 amide bonds. The van der Waals surface area contributed by atoms with Gasteiger partial charge >= 0.3 is 0 Å². The Balaban J connectivity index is 1.62. The van der Waals surface area contributed by atoms with E-state index in [0.717, 1.165) is 42.5 Å². The number of rotatable bonds is 4. The third-order valence-electron chi connectivity index (χ3n) is 6.53. The van der Waals surface area contributed by atoms with Crippen LogP contribution in [0.3, 0.4) is 0 Å². The molecule has 31 heavy (non-hydrogen) atoms. The number of benzene rings is 1. The van der Waals surface area contributed by atoms with E-state index >= 15 is 0 Å². The third-order valence-corrected chi connectivity index (χ3v) is 8.40. The molecule has 8 heteroatoms. The van der Waals surface area contributed by atoms with Gasteiger partial charge in [-0.05, 0) is 68.5 Å². The van der Waals surface area contributed by atoms with E-state index in [0.29, 0.717) is 13.1 Å². The van der Waals surface area contributed by atoms with Crippen molar-refractivity contribution >= 4 is 27.4 Å². The van der Waals surface area contributed by atoms with E-state index in [1.165, 1.54) is 26.2 Å². The standard InChI is InChI=1S/C23H32N4O3S/c1-16-11-22(24-13-16)23(28)25-21-10-9-18(12-20(21)17-7-5-4-6-8-17)19-14-26(2)31(29,30)27(3)15-19/h7,9-10,12-13,19,22,24H,4-6,8,11,14-15H2,1-3H3,(H,25,28). The summed E-state index contributed by atoms with van der Waals surface area (Å²) >= 11 is 0. The second kappa shape index (κ2) is 8.76. The first-order valence-electron chi connectivity index (χ1n) is 11.0. The zero-order valence-electron chi connectivity index (χ0n) is 18.5. The Morgan fingerprint density at radius 1 is 1.16 bits per heavy atom. The first-order valence-corrected chi connectivity index (χ1v) is 12.4. The van der Waals surface area contributed by atoms with Crippen molar-refractivity contribution in [3.8, 4) is 0 Å². The zero-order chi connectivity index (χ0) is 22.2. The van der Waals surface area contributed by atoms with Gasteiger partial charge in [0.15, 0.2) is 0 Å². The van der Waals surface area contributed by atoms with Gasteiger partial charge in [-0.2, -0.15) is 17.0 Å². The number of nitrogens with zero attached hydrogens (tertiary/aromatic N) is 2. The van der Waals surface area contributed by atoms with Crippen molar-refractivity contribution < 1.29 is 13.2 Å². The van der Waals surface area contributed by atoms with E-state index in [-0.39, 0.29) is 17.9 Å². The summed E-state index contributed by atoms with van der Waals surface area (Å²) in [4.78, 5) is 12.8. The van der Waals surface area contributed by atoms with Gasteiger partial charge in [-0.3, -0.25) is 4.79 Å². The molecule has 168 valence electrons. The molecular formula is C23H32N4O3S. The Kier molecular flexibility index (Phi) is 6.23. The molecule has 1 unspecified atom stereocenters. The van der Waals surface area contributed by atoms with Gasteiger partial charge in [0, 0.05) is 44.4 Å². The maximum Gasteiger partial charge on any atom is 0.281 e. The average Bonchev–Trinajstić information content (AvgIpc) is 3.19. The molecule has 0 spiro atoms. The maximum atomic E-state index is 12.8. The van der Waals surface area contributed by atoms with Gasteiger partial charge in [0.05, 0.1) is 0 Å². The fourth-order valence-electron chi connectivity index (χ4n) is 4.66. The fourth-order valence-corrected chi connectivity index (χ4v) is 5.87. The number of hydrogen-bond acceptors (Lipinski definition) is 4. The monoisotopic (exact) mass is 444 g/mol. The second-order valence-electron chi connectivity index (χ2n) is 8.95. The van der Waals surface area contributed by atoms with E-state index in [9.17, 15) is 13.2 Å². The first kappa shape index (κ1) is 22.0. The van der Waals surface area contributed by atoms with Crippen LogP contribution in [-0.4, -0.2) is 56.2 Å². The number of carbonyl (C=O) groups is 1. The summed E-state index contributed by atoms with van der Waals surface area (Å²) in [6, 6.07) is 5.93. The highest BCUT2D eigenvalue weighted by Crippen LogP contribution is 2.35. The molecule has 0 saturated carbocycles. The maximum absolute atomic E-state index is 12.8. The molecule has 2 N–H and O–H groups in total. The lowest BCUT2D eigenvalue weighted by Crippen LogP contribution is -2.49. The fraction of sp³-hybridized carbons (Fsp3) is 0.522.